The van der Waals surface area contributed by atoms with E-state index in [4.69, 9.17) is 5.11 Å². The van der Waals surface area contributed by atoms with Crippen molar-refractivity contribution in [1.82, 2.24) is 0 Å². The number of hydrogen-bond donors (Lipinski definition) is 3. The summed E-state index contributed by atoms with van der Waals surface area (Å²) in [4.78, 5) is 11.0. The van der Waals surface area contributed by atoms with Gasteiger partial charge in [0.15, 0.2) is 0 Å². The molecule has 26 heavy (non-hydrogen) atoms. The number of sulfonamides is 1. The largest absolute Gasteiger partial charge is 0.507 e. The molecular formula is C19H15NO5S. The number of rotatable bonds is 5. The van der Waals surface area contributed by atoms with Crippen molar-refractivity contribution in [1.29, 1.82) is 0 Å². The number of aromatic carboxylic acids is 1. The van der Waals surface area contributed by atoms with Crippen LogP contribution in [0, 0.1) is 0 Å². The Morgan fingerprint density at radius 1 is 0.885 bits per heavy atom. The molecule has 3 N–H and O–H groups in total. The van der Waals surface area contributed by atoms with Gasteiger partial charge in [0, 0.05) is 11.3 Å². The SMILES string of the molecule is O=C(O)c1cccc(NS(=O)(=O)c2ccc(O)c(-c3ccccc3)c2)c1. The topological polar surface area (TPSA) is 104 Å². The van der Waals surface area contributed by atoms with Crippen LogP contribution in [0.1, 0.15) is 10.4 Å². The van der Waals surface area contributed by atoms with E-state index in [0.29, 0.717) is 11.1 Å². The van der Waals surface area contributed by atoms with Crippen LogP contribution in [0.5, 0.6) is 5.75 Å². The number of anilines is 1. The lowest BCUT2D eigenvalue weighted by Gasteiger charge is -2.11. The second-order valence-electron chi connectivity index (χ2n) is 5.54. The van der Waals surface area contributed by atoms with E-state index in [0.717, 1.165) is 0 Å². The molecule has 3 aromatic carbocycles. The lowest BCUT2D eigenvalue weighted by atomic mass is 10.1. The maximum Gasteiger partial charge on any atom is 0.335 e. The van der Waals surface area contributed by atoms with Crippen molar-refractivity contribution in [2.45, 2.75) is 4.90 Å². The Bertz CT molecular complexity index is 1060. The van der Waals surface area contributed by atoms with Gasteiger partial charge in [-0.05, 0) is 42.0 Å². The van der Waals surface area contributed by atoms with Gasteiger partial charge in [-0.1, -0.05) is 36.4 Å². The van der Waals surface area contributed by atoms with Gasteiger partial charge in [0.25, 0.3) is 10.0 Å². The average Bonchev–Trinajstić information content (AvgIpc) is 2.62. The molecule has 3 rings (SSSR count). The van der Waals surface area contributed by atoms with E-state index in [1.807, 2.05) is 6.07 Å². The zero-order chi connectivity index (χ0) is 18.7. The van der Waals surface area contributed by atoms with Crippen LogP contribution >= 0.6 is 0 Å². The standard InChI is InChI=1S/C19H15NO5S/c21-18-10-9-16(12-17(18)13-5-2-1-3-6-13)26(24,25)20-15-8-4-7-14(11-15)19(22)23/h1-12,20-21H,(H,22,23). The molecule has 0 radical (unpaired) electrons. The highest BCUT2D eigenvalue weighted by Gasteiger charge is 2.17. The predicted molar refractivity (Wildman–Crippen MR) is 97.8 cm³/mol. The number of phenols is 1. The summed E-state index contributed by atoms with van der Waals surface area (Å²) in [5, 5.41) is 19.1. The van der Waals surface area contributed by atoms with Crippen molar-refractivity contribution in [3.05, 3.63) is 78.4 Å². The molecule has 0 saturated carbocycles. The lowest BCUT2D eigenvalue weighted by Crippen LogP contribution is -2.13. The Morgan fingerprint density at radius 2 is 1.62 bits per heavy atom. The smallest absolute Gasteiger partial charge is 0.335 e. The molecule has 0 atom stereocenters. The molecule has 6 nitrogen and oxygen atoms in total. The highest BCUT2D eigenvalue weighted by Crippen LogP contribution is 2.31. The van der Waals surface area contributed by atoms with Gasteiger partial charge in [-0.15, -0.1) is 0 Å². The lowest BCUT2D eigenvalue weighted by molar-refractivity contribution is 0.0697. The Kier molecular flexibility index (Phi) is 4.64. The summed E-state index contributed by atoms with van der Waals surface area (Å²) < 4.78 is 27.6. The summed E-state index contributed by atoms with van der Waals surface area (Å²) in [6, 6.07) is 18.4. The first-order valence-corrected chi connectivity index (χ1v) is 9.10. The maximum atomic E-state index is 12.6. The predicted octanol–water partition coefficient (Wildman–Crippen LogP) is 3.56. The van der Waals surface area contributed by atoms with Crippen molar-refractivity contribution >= 4 is 21.7 Å². The number of nitrogens with one attached hydrogen (secondary N) is 1. The molecule has 132 valence electrons. The molecule has 0 amide bonds. The minimum atomic E-state index is -3.96. The fourth-order valence-corrected chi connectivity index (χ4v) is 3.54. The van der Waals surface area contributed by atoms with E-state index >= 15 is 0 Å². The molecule has 0 aliphatic rings. The Morgan fingerprint density at radius 3 is 2.31 bits per heavy atom. The van der Waals surface area contributed by atoms with Gasteiger partial charge in [-0.3, -0.25) is 4.72 Å². The second-order valence-corrected chi connectivity index (χ2v) is 7.22. The summed E-state index contributed by atoms with van der Waals surface area (Å²) in [6.45, 7) is 0. The fourth-order valence-electron chi connectivity index (χ4n) is 2.46. The zero-order valence-electron chi connectivity index (χ0n) is 13.5. The zero-order valence-corrected chi connectivity index (χ0v) is 14.3. The van der Waals surface area contributed by atoms with Crippen LogP contribution < -0.4 is 4.72 Å². The minimum absolute atomic E-state index is 0.0270. The molecule has 0 unspecified atom stereocenters. The molecule has 0 aliphatic heterocycles. The first-order chi connectivity index (χ1) is 12.4. The van der Waals surface area contributed by atoms with E-state index in [1.54, 1.807) is 24.3 Å². The Labute approximate surface area is 150 Å². The highest BCUT2D eigenvalue weighted by atomic mass is 32.2. The Hall–Kier alpha value is -3.32. The third-order valence-corrected chi connectivity index (χ3v) is 5.10. The minimum Gasteiger partial charge on any atom is -0.507 e. The van der Waals surface area contributed by atoms with Gasteiger partial charge in [-0.2, -0.15) is 0 Å². The summed E-state index contributed by atoms with van der Waals surface area (Å²) in [6.07, 6.45) is 0. The van der Waals surface area contributed by atoms with Crippen molar-refractivity contribution < 1.29 is 23.4 Å². The third kappa shape index (κ3) is 3.68. The van der Waals surface area contributed by atoms with Crippen LogP contribution in [0.2, 0.25) is 0 Å². The normalized spacial score (nSPS) is 11.1. The van der Waals surface area contributed by atoms with Gasteiger partial charge in [0.1, 0.15) is 5.75 Å². The van der Waals surface area contributed by atoms with E-state index in [2.05, 4.69) is 4.72 Å². The maximum absolute atomic E-state index is 12.6. The van der Waals surface area contributed by atoms with Crippen LogP contribution in [-0.2, 0) is 10.0 Å². The molecule has 7 heteroatoms. The van der Waals surface area contributed by atoms with Gasteiger partial charge in [-0.25, -0.2) is 13.2 Å². The summed E-state index contributed by atoms with van der Waals surface area (Å²) >= 11 is 0. The van der Waals surface area contributed by atoms with Crippen LogP contribution in [0.25, 0.3) is 11.1 Å². The van der Waals surface area contributed by atoms with Crippen LogP contribution in [-0.4, -0.2) is 24.6 Å². The molecule has 0 heterocycles. The van der Waals surface area contributed by atoms with E-state index in [1.165, 1.54) is 42.5 Å². The first kappa shape index (κ1) is 17.5. The quantitative estimate of drug-likeness (QED) is 0.638. The monoisotopic (exact) mass is 369 g/mol. The molecule has 0 aliphatic carbocycles. The van der Waals surface area contributed by atoms with E-state index in [-0.39, 0.29) is 21.9 Å². The van der Waals surface area contributed by atoms with Gasteiger partial charge in [0.2, 0.25) is 0 Å². The van der Waals surface area contributed by atoms with Crippen molar-refractivity contribution in [3.63, 3.8) is 0 Å². The molecule has 0 aromatic heterocycles. The summed E-state index contributed by atoms with van der Waals surface area (Å²) in [7, 11) is -3.96. The van der Waals surface area contributed by atoms with Gasteiger partial charge < -0.3 is 10.2 Å². The first-order valence-electron chi connectivity index (χ1n) is 7.61. The van der Waals surface area contributed by atoms with E-state index < -0.39 is 16.0 Å². The van der Waals surface area contributed by atoms with Crippen LogP contribution in [0.4, 0.5) is 5.69 Å². The molecule has 0 saturated heterocycles. The molecule has 0 spiro atoms. The highest BCUT2D eigenvalue weighted by molar-refractivity contribution is 7.92. The average molecular weight is 369 g/mol. The number of phenolic OH excluding ortho intramolecular Hbond substituents is 1. The van der Waals surface area contributed by atoms with Gasteiger partial charge >= 0.3 is 5.97 Å². The number of carboxylic acid groups (broad SMARTS) is 1. The molecule has 0 bridgehead atoms. The van der Waals surface area contributed by atoms with Crippen molar-refractivity contribution in [2.24, 2.45) is 0 Å². The molecule has 0 fully saturated rings. The number of hydrogen-bond acceptors (Lipinski definition) is 4. The summed E-state index contributed by atoms with van der Waals surface area (Å²) in [5.41, 5.74) is 1.17. The van der Waals surface area contributed by atoms with Crippen molar-refractivity contribution in [3.8, 4) is 16.9 Å². The van der Waals surface area contributed by atoms with Crippen LogP contribution in [0.3, 0.4) is 0 Å². The fraction of sp³-hybridized carbons (Fsp3) is 0. The number of aromatic hydroxyl groups is 1. The van der Waals surface area contributed by atoms with E-state index in [9.17, 15) is 18.3 Å². The third-order valence-electron chi connectivity index (χ3n) is 3.72. The molecular weight excluding hydrogens is 354 g/mol. The second kappa shape index (κ2) is 6.89. The van der Waals surface area contributed by atoms with Crippen molar-refractivity contribution in [2.75, 3.05) is 4.72 Å². The number of benzene rings is 3. The van der Waals surface area contributed by atoms with Gasteiger partial charge in [0.05, 0.1) is 10.5 Å². The Balaban J connectivity index is 1.98. The summed E-state index contributed by atoms with van der Waals surface area (Å²) in [5.74, 6) is -1.19. The number of carbonyl (C=O) groups is 1. The number of carboxylic acids is 1. The molecule has 3 aromatic rings. The van der Waals surface area contributed by atoms with Crippen LogP contribution in [0.15, 0.2) is 77.7 Å².